The van der Waals surface area contributed by atoms with Gasteiger partial charge >= 0.3 is 10.1 Å². The molecular weight excluding hydrogens is 336 g/mol. The Morgan fingerprint density at radius 3 is 2.48 bits per heavy atom. The Labute approximate surface area is 147 Å². The summed E-state index contributed by atoms with van der Waals surface area (Å²) in [5, 5.41) is -0.414. The Hall–Kier alpha value is -2.18. The quantitative estimate of drug-likeness (QED) is 0.477. The summed E-state index contributed by atoms with van der Waals surface area (Å²) < 4.78 is 32.2. The summed E-state index contributed by atoms with van der Waals surface area (Å²) >= 11 is 0. The lowest BCUT2D eigenvalue weighted by atomic mass is 9.94. The SMILES string of the molecule is CCCCCCc1ccc2nc(S(=O)(=O)O)[nH]c2c1-c1ccccc1. The minimum atomic E-state index is -4.37. The van der Waals surface area contributed by atoms with Crippen LogP contribution in [-0.2, 0) is 16.5 Å². The lowest BCUT2D eigenvalue weighted by Crippen LogP contribution is -1.99. The molecule has 3 rings (SSSR count). The molecule has 0 bridgehead atoms. The molecular formula is C19H22N2O3S. The van der Waals surface area contributed by atoms with Crippen molar-refractivity contribution in [2.75, 3.05) is 0 Å². The van der Waals surface area contributed by atoms with E-state index in [9.17, 15) is 13.0 Å². The minimum absolute atomic E-state index is 0.414. The summed E-state index contributed by atoms with van der Waals surface area (Å²) in [4.78, 5) is 6.82. The molecule has 2 aromatic carbocycles. The molecule has 2 N–H and O–H groups in total. The van der Waals surface area contributed by atoms with Gasteiger partial charge in [0, 0.05) is 5.56 Å². The van der Waals surface area contributed by atoms with Crippen LogP contribution in [0.4, 0.5) is 0 Å². The van der Waals surface area contributed by atoms with E-state index in [2.05, 4.69) is 16.9 Å². The van der Waals surface area contributed by atoms with Gasteiger partial charge < -0.3 is 4.98 Å². The number of aromatic amines is 1. The van der Waals surface area contributed by atoms with Crippen LogP contribution in [0.25, 0.3) is 22.2 Å². The number of hydrogen-bond acceptors (Lipinski definition) is 3. The summed E-state index contributed by atoms with van der Waals surface area (Å²) in [5.41, 5.74) is 4.29. The van der Waals surface area contributed by atoms with Gasteiger partial charge in [0.25, 0.3) is 5.16 Å². The molecule has 1 heterocycles. The molecule has 3 aromatic rings. The largest absolute Gasteiger partial charge is 0.328 e. The van der Waals surface area contributed by atoms with Crippen LogP contribution in [0.5, 0.6) is 0 Å². The van der Waals surface area contributed by atoms with Crippen molar-refractivity contribution in [3.8, 4) is 11.1 Å². The van der Waals surface area contributed by atoms with Gasteiger partial charge in [-0.1, -0.05) is 62.6 Å². The highest BCUT2D eigenvalue weighted by atomic mass is 32.2. The van der Waals surface area contributed by atoms with Crippen LogP contribution < -0.4 is 0 Å². The smallest absolute Gasteiger partial charge is 0.326 e. The lowest BCUT2D eigenvalue weighted by molar-refractivity contribution is 0.476. The fourth-order valence-corrected chi connectivity index (χ4v) is 3.55. The van der Waals surface area contributed by atoms with E-state index in [1.165, 1.54) is 19.3 Å². The number of rotatable bonds is 7. The number of aryl methyl sites for hydroxylation is 1. The topological polar surface area (TPSA) is 83.1 Å². The van der Waals surface area contributed by atoms with Crippen LogP contribution in [0.1, 0.15) is 38.2 Å². The third kappa shape index (κ3) is 3.91. The predicted molar refractivity (Wildman–Crippen MR) is 99.2 cm³/mol. The number of imidazole rings is 1. The van der Waals surface area contributed by atoms with E-state index >= 15 is 0 Å². The number of aromatic nitrogens is 2. The van der Waals surface area contributed by atoms with Crippen molar-refractivity contribution in [3.05, 3.63) is 48.0 Å². The maximum Gasteiger partial charge on any atom is 0.328 e. The normalized spacial score (nSPS) is 11.9. The Kier molecular flexibility index (Phi) is 5.20. The van der Waals surface area contributed by atoms with Gasteiger partial charge in [0.1, 0.15) is 0 Å². The van der Waals surface area contributed by atoms with Gasteiger partial charge in [0.15, 0.2) is 0 Å². The van der Waals surface area contributed by atoms with Crippen molar-refractivity contribution in [2.45, 2.75) is 44.2 Å². The maximum absolute atomic E-state index is 11.4. The fraction of sp³-hybridized carbons (Fsp3) is 0.316. The number of nitrogens with zero attached hydrogens (tertiary/aromatic N) is 1. The lowest BCUT2D eigenvalue weighted by Gasteiger charge is -2.11. The highest BCUT2D eigenvalue weighted by molar-refractivity contribution is 7.85. The van der Waals surface area contributed by atoms with E-state index in [0.29, 0.717) is 11.0 Å². The van der Waals surface area contributed by atoms with Crippen molar-refractivity contribution in [3.63, 3.8) is 0 Å². The molecule has 0 radical (unpaired) electrons. The fourth-order valence-electron chi connectivity index (χ4n) is 3.11. The Morgan fingerprint density at radius 2 is 1.80 bits per heavy atom. The van der Waals surface area contributed by atoms with E-state index in [0.717, 1.165) is 29.5 Å². The molecule has 0 aliphatic heterocycles. The number of fused-ring (bicyclic) bond motifs is 1. The van der Waals surface area contributed by atoms with Gasteiger partial charge in [-0.25, -0.2) is 4.98 Å². The first-order valence-electron chi connectivity index (χ1n) is 8.55. The molecule has 1 aromatic heterocycles. The molecule has 0 saturated heterocycles. The molecule has 0 amide bonds. The molecule has 0 unspecified atom stereocenters. The van der Waals surface area contributed by atoms with E-state index in [1.54, 1.807) is 0 Å². The second-order valence-corrected chi connectivity index (χ2v) is 7.52. The molecule has 5 nitrogen and oxygen atoms in total. The van der Waals surface area contributed by atoms with Crippen LogP contribution >= 0.6 is 0 Å². The van der Waals surface area contributed by atoms with Crippen molar-refractivity contribution >= 4 is 21.2 Å². The van der Waals surface area contributed by atoms with Gasteiger partial charge in [-0.2, -0.15) is 8.42 Å². The highest BCUT2D eigenvalue weighted by Gasteiger charge is 2.19. The monoisotopic (exact) mass is 358 g/mol. The standard InChI is InChI=1S/C19H22N2O3S/c1-2-3-4-6-11-15-12-13-16-18(21-19(20-16)25(22,23)24)17(15)14-9-7-5-8-10-14/h5,7-10,12-13H,2-4,6,11H2,1H3,(H,20,21)(H,22,23,24). The molecule has 132 valence electrons. The Bertz CT molecular complexity index is 963. The number of unbranched alkanes of at least 4 members (excludes halogenated alkanes) is 3. The summed E-state index contributed by atoms with van der Waals surface area (Å²) in [6.45, 7) is 2.18. The van der Waals surface area contributed by atoms with Crippen LogP contribution in [0, 0.1) is 0 Å². The Balaban J connectivity index is 2.12. The average Bonchev–Trinajstić information content (AvgIpc) is 3.03. The van der Waals surface area contributed by atoms with E-state index in [1.807, 2.05) is 42.5 Å². The Morgan fingerprint density at radius 1 is 1.04 bits per heavy atom. The van der Waals surface area contributed by atoms with E-state index in [4.69, 9.17) is 0 Å². The third-order valence-electron chi connectivity index (χ3n) is 4.33. The van der Waals surface area contributed by atoms with Crippen LogP contribution in [0.2, 0.25) is 0 Å². The molecule has 0 aliphatic carbocycles. The zero-order valence-electron chi connectivity index (χ0n) is 14.2. The average molecular weight is 358 g/mol. The second-order valence-electron chi connectivity index (χ2n) is 6.19. The summed E-state index contributed by atoms with van der Waals surface area (Å²) in [6, 6.07) is 13.7. The van der Waals surface area contributed by atoms with Gasteiger partial charge in [0.05, 0.1) is 11.0 Å². The number of hydrogen-bond donors (Lipinski definition) is 2. The van der Waals surface area contributed by atoms with Crippen molar-refractivity contribution in [1.82, 2.24) is 9.97 Å². The van der Waals surface area contributed by atoms with Gasteiger partial charge in [-0.3, -0.25) is 4.55 Å². The first-order chi connectivity index (χ1) is 12.0. The molecule has 0 aliphatic rings. The van der Waals surface area contributed by atoms with Crippen LogP contribution in [-0.4, -0.2) is 22.9 Å². The van der Waals surface area contributed by atoms with E-state index in [-0.39, 0.29) is 0 Å². The van der Waals surface area contributed by atoms with Crippen molar-refractivity contribution in [1.29, 1.82) is 0 Å². The highest BCUT2D eigenvalue weighted by Crippen LogP contribution is 2.32. The van der Waals surface area contributed by atoms with Crippen LogP contribution in [0.3, 0.4) is 0 Å². The summed E-state index contributed by atoms with van der Waals surface area (Å²) in [6.07, 6.45) is 5.56. The summed E-state index contributed by atoms with van der Waals surface area (Å²) in [5.74, 6) is 0. The van der Waals surface area contributed by atoms with Crippen molar-refractivity contribution < 1.29 is 13.0 Å². The molecule has 6 heteroatoms. The molecule has 0 atom stereocenters. The molecule has 0 spiro atoms. The van der Waals surface area contributed by atoms with Gasteiger partial charge in [0.2, 0.25) is 0 Å². The zero-order chi connectivity index (χ0) is 17.9. The molecule has 0 fully saturated rings. The molecule has 25 heavy (non-hydrogen) atoms. The first kappa shape index (κ1) is 17.6. The number of benzene rings is 2. The zero-order valence-corrected chi connectivity index (χ0v) is 15.0. The van der Waals surface area contributed by atoms with Gasteiger partial charge in [-0.15, -0.1) is 0 Å². The van der Waals surface area contributed by atoms with Crippen LogP contribution in [0.15, 0.2) is 47.6 Å². The van der Waals surface area contributed by atoms with Crippen molar-refractivity contribution in [2.24, 2.45) is 0 Å². The summed E-state index contributed by atoms with van der Waals surface area (Å²) in [7, 11) is -4.37. The minimum Gasteiger partial charge on any atom is -0.326 e. The molecule has 0 saturated carbocycles. The van der Waals surface area contributed by atoms with E-state index < -0.39 is 15.3 Å². The van der Waals surface area contributed by atoms with Gasteiger partial charge in [-0.05, 0) is 30.0 Å². The first-order valence-corrected chi connectivity index (χ1v) is 9.99. The third-order valence-corrected chi connectivity index (χ3v) is 5.01. The second kappa shape index (κ2) is 7.37. The number of nitrogens with one attached hydrogen (secondary N) is 1. The maximum atomic E-state index is 11.4. The number of H-pyrrole nitrogens is 1. The predicted octanol–water partition coefficient (Wildman–Crippen LogP) is 4.60.